The Hall–Kier alpha value is -2.29. The molecule has 2 rings (SSSR count). The van der Waals surface area contributed by atoms with Gasteiger partial charge in [0.1, 0.15) is 5.60 Å². The van der Waals surface area contributed by atoms with E-state index >= 15 is 0 Å². The third kappa shape index (κ3) is 9.26. The summed E-state index contributed by atoms with van der Waals surface area (Å²) in [7, 11) is 0. The normalized spacial score (nSPS) is 9.85. The highest BCUT2D eigenvalue weighted by Crippen LogP contribution is 2.16. The second-order valence-corrected chi connectivity index (χ2v) is 6.42. The fraction of sp³-hybridized carbons (Fsp3) is 0.435. The Kier molecular flexibility index (Phi) is 11.1. The maximum Gasteiger partial charge on any atom is 0.338 e. The lowest BCUT2D eigenvalue weighted by molar-refractivity contribution is 0.00696. The van der Waals surface area contributed by atoms with E-state index in [0.29, 0.717) is 5.56 Å². The van der Waals surface area contributed by atoms with Crippen LogP contribution in [0.25, 0.3) is 0 Å². The van der Waals surface area contributed by atoms with Gasteiger partial charge >= 0.3 is 5.97 Å². The predicted octanol–water partition coefficient (Wildman–Crippen LogP) is 6.61. The Balaban J connectivity index is 0.00000146. The van der Waals surface area contributed by atoms with Crippen molar-refractivity contribution in [2.24, 2.45) is 0 Å². The highest BCUT2D eigenvalue weighted by atomic mass is 16.6. The van der Waals surface area contributed by atoms with Crippen LogP contribution in [0.15, 0.2) is 48.5 Å². The molecule has 0 aromatic heterocycles. The molecular weight excluding hydrogens is 322 g/mol. The van der Waals surface area contributed by atoms with E-state index in [4.69, 9.17) is 4.74 Å². The van der Waals surface area contributed by atoms with Crippen molar-refractivity contribution in [1.29, 1.82) is 0 Å². The lowest BCUT2D eigenvalue weighted by atomic mass is 10.1. The zero-order valence-electron chi connectivity index (χ0n) is 17.6. The number of carbonyl (C=O) groups excluding carboxylic acids is 1. The highest BCUT2D eigenvalue weighted by Gasteiger charge is 2.17. The summed E-state index contributed by atoms with van der Waals surface area (Å²) in [6, 6.07) is 15.8. The van der Waals surface area contributed by atoms with Gasteiger partial charge in [-0.15, -0.1) is 0 Å². The minimum absolute atomic E-state index is 0.300. The summed E-state index contributed by atoms with van der Waals surface area (Å²) in [5.41, 5.74) is 3.43. The molecule has 3 nitrogen and oxygen atoms in total. The van der Waals surface area contributed by atoms with E-state index in [2.05, 4.69) is 36.5 Å². The first-order valence-electron chi connectivity index (χ1n) is 9.46. The van der Waals surface area contributed by atoms with Crippen molar-refractivity contribution in [3.63, 3.8) is 0 Å². The van der Waals surface area contributed by atoms with Gasteiger partial charge in [-0.05, 0) is 51.5 Å². The maximum absolute atomic E-state index is 12.1. The number of carbonyl (C=O) groups is 1. The zero-order chi connectivity index (χ0) is 20.2. The van der Waals surface area contributed by atoms with Crippen LogP contribution in [0.1, 0.15) is 70.0 Å². The van der Waals surface area contributed by atoms with E-state index < -0.39 is 5.60 Å². The van der Waals surface area contributed by atoms with Gasteiger partial charge in [-0.1, -0.05) is 63.6 Å². The summed E-state index contributed by atoms with van der Waals surface area (Å²) in [5.74, 6) is -0.300. The van der Waals surface area contributed by atoms with Crippen molar-refractivity contribution in [1.82, 2.24) is 0 Å². The first kappa shape index (κ1) is 23.7. The number of hydrogen-bond acceptors (Lipinski definition) is 3. The Bertz CT molecular complexity index is 640. The first-order valence-corrected chi connectivity index (χ1v) is 9.46. The minimum atomic E-state index is -0.484. The molecule has 26 heavy (non-hydrogen) atoms. The molecule has 1 N–H and O–H groups in total. The summed E-state index contributed by atoms with van der Waals surface area (Å²) in [6.45, 7) is 16.4. The van der Waals surface area contributed by atoms with Crippen LogP contribution in [0, 0.1) is 6.92 Å². The minimum Gasteiger partial charge on any atom is -0.456 e. The lowest BCUT2D eigenvalue weighted by Crippen LogP contribution is -2.23. The van der Waals surface area contributed by atoms with Crippen LogP contribution < -0.4 is 5.32 Å². The van der Waals surface area contributed by atoms with Crippen molar-refractivity contribution >= 4 is 11.7 Å². The first-order chi connectivity index (χ1) is 12.3. The number of aryl methyl sites for hydroxylation is 1. The molecule has 0 aliphatic heterocycles. The van der Waals surface area contributed by atoms with E-state index in [0.717, 1.165) is 12.2 Å². The van der Waals surface area contributed by atoms with Gasteiger partial charge in [-0.25, -0.2) is 4.79 Å². The standard InChI is InChI=1S/C19H23NO2.2C2H6/c1-14-8-10-15(11-9-14)13-20-17-7-5-6-16(12-17)18(21)22-19(2,3)4;2*1-2/h5-12,20H,13H2,1-4H3;2*1-2H3. The van der Waals surface area contributed by atoms with Crippen LogP contribution in [0.5, 0.6) is 0 Å². The van der Waals surface area contributed by atoms with Crippen molar-refractivity contribution < 1.29 is 9.53 Å². The lowest BCUT2D eigenvalue weighted by Gasteiger charge is -2.19. The van der Waals surface area contributed by atoms with Crippen LogP contribution in [0.2, 0.25) is 0 Å². The van der Waals surface area contributed by atoms with Gasteiger partial charge in [0.05, 0.1) is 5.56 Å². The number of anilines is 1. The molecule has 144 valence electrons. The molecule has 0 unspecified atom stereocenters. The molecule has 0 heterocycles. The Morgan fingerprint density at radius 1 is 0.962 bits per heavy atom. The van der Waals surface area contributed by atoms with Crippen LogP contribution >= 0.6 is 0 Å². The van der Waals surface area contributed by atoms with E-state index in [-0.39, 0.29) is 5.97 Å². The third-order valence-corrected chi connectivity index (χ3v) is 3.11. The second kappa shape index (κ2) is 12.1. The highest BCUT2D eigenvalue weighted by molar-refractivity contribution is 5.90. The Morgan fingerprint density at radius 2 is 1.54 bits per heavy atom. The number of esters is 1. The van der Waals surface area contributed by atoms with Gasteiger partial charge in [0.2, 0.25) is 0 Å². The van der Waals surface area contributed by atoms with Crippen LogP contribution in [-0.2, 0) is 11.3 Å². The molecule has 0 aliphatic carbocycles. The quantitative estimate of drug-likeness (QED) is 0.625. The van der Waals surface area contributed by atoms with Gasteiger partial charge in [-0.2, -0.15) is 0 Å². The molecule has 0 fully saturated rings. The maximum atomic E-state index is 12.1. The van der Waals surface area contributed by atoms with E-state index in [9.17, 15) is 4.79 Å². The molecule has 0 aliphatic rings. The molecule has 0 spiro atoms. The van der Waals surface area contributed by atoms with Gasteiger partial charge in [-0.3, -0.25) is 0 Å². The molecule has 0 amide bonds. The number of nitrogens with one attached hydrogen (secondary N) is 1. The summed E-state index contributed by atoms with van der Waals surface area (Å²) >= 11 is 0. The molecule has 2 aromatic carbocycles. The fourth-order valence-electron chi connectivity index (χ4n) is 2.00. The summed E-state index contributed by atoms with van der Waals surface area (Å²) in [5, 5.41) is 3.33. The third-order valence-electron chi connectivity index (χ3n) is 3.11. The number of ether oxygens (including phenoxy) is 1. The fourth-order valence-corrected chi connectivity index (χ4v) is 2.00. The second-order valence-electron chi connectivity index (χ2n) is 6.42. The Labute approximate surface area is 159 Å². The van der Waals surface area contributed by atoms with E-state index in [1.165, 1.54) is 11.1 Å². The van der Waals surface area contributed by atoms with Gasteiger partial charge in [0.25, 0.3) is 0 Å². The molecule has 0 saturated heterocycles. The zero-order valence-corrected chi connectivity index (χ0v) is 17.6. The van der Waals surface area contributed by atoms with Crippen molar-refractivity contribution in [3.05, 3.63) is 65.2 Å². The SMILES string of the molecule is CC.CC.Cc1ccc(CNc2cccc(C(=O)OC(C)(C)C)c2)cc1. The average Bonchev–Trinajstić information content (AvgIpc) is 2.63. The van der Waals surface area contributed by atoms with E-state index in [1.54, 1.807) is 6.07 Å². The van der Waals surface area contributed by atoms with Crippen molar-refractivity contribution in [3.8, 4) is 0 Å². The molecule has 2 aromatic rings. The monoisotopic (exact) mass is 357 g/mol. The topological polar surface area (TPSA) is 38.3 Å². The number of rotatable bonds is 4. The van der Waals surface area contributed by atoms with Crippen LogP contribution in [-0.4, -0.2) is 11.6 Å². The molecule has 0 saturated carbocycles. The molecule has 0 atom stereocenters. The van der Waals surface area contributed by atoms with Gasteiger partial charge in [0.15, 0.2) is 0 Å². The molecule has 3 heteroatoms. The predicted molar refractivity (Wildman–Crippen MR) is 113 cm³/mol. The Morgan fingerprint density at radius 3 is 2.08 bits per heavy atom. The van der Waals surface area contributed by atoms with Gasteiger partial charge in [0, 0.05) is 12.2 Å². The van der Waals surface area contributed by atoms with Crippen LogP contribution in [0.3, 0.4) is 0 Å². The summed E-state index contributed by atoms with van der Waals surface area (Å²) < 4.78 is 5.39. The van der Waals surface area contributed by atoms with Gasteiger partial charge < -0.3 is 10.1 Å². The smallest absolute Gasteiger partial charge is 0.338 e. The molecular formula is C23H35NO2. The number of benzene rings is 2. The summed E-state index contributed by atoms with van der Waals surface area (Å²) in [4.78, 5) is 12.1. The average molecular weight is 358 g/mol. The largest absolute Gasteiger partial charge is 0.456 e. The molecule has 0 radical (unpaired) electrons. The van der Waals surface area contributed by atoms with E-state index in [1.807, 2.05) is 66.7 Å². The van der Waals surface area contributed by atoms with Crippen molar-refractivity contribution in [2.75, 3.05) is 5.32 Å². The number of hydrogen-bond donors (Lipinski definition) is 1. The van der Waals surface area contributed by atoms with Crippen LogP contribution in [0.4, 0.5) is 5.69 Å². The summed E-state index contributed by atoms with van der Waals surface area (Å²) in [6.07, 6.45) is 0. The van der Waals surface area contributed by atoms with Crippen molar-refractivity contribution in [2.45, 2.75) is 67.5 Å². The molecule has 0 bridgehead atoms.